The smallest absolute Gasteiger partial charge is 0.268 e. The van der Waals surface area contributed by atoms with Gasteiger partial charge >= 0.3 is 0 Å². The third-order valence-electron chi connectivity index (χ3n) is 11.0. The van der Waals surface area contributed by atoms with Crippen molar-refractivity contribution in [3.8, 4) is 0 Å². The number of amides is 1. The highest BCUT2D eigenvalue weighted by atomic mass is 31.2. The molecular weight excluding hydrogens is 852 g/mol. The molecule has 382 valence electrons. The van der Waals surface area contributed by atoms with Crippen LogP contribution >= 0.6 is 7.82 Å². The number of quaternary nitrogens is 1. The minimum Gasteiger partial charge on any atom is -0.756 e. The number of carbonyl (C=O) groups excluding carboxylic acids is 1. The lowest BCUT2D eigenvalue weighted by molar-refractivity contribution is -0.870. The molecule has 0 aliphatic rings. The summed E-state index contributed by atoms with van der Waals surface area (Å²) in [4.78, 5) is 25.4. The van der Waals surface area contributed by atoms with Crippen molar-refractivity contribution in [3.63, 3.8) is 0 Å². The van der Waals surface area contributed by atoms with Crippen LogP contribution in [0.5, 0.6) is 0 Å². The second-order valence-electron chi connectivity index (χ2n) is 18.5. The van der Waals surface area contributed by atoms with Crippen molar-refractivity contribution < 1.29 is 32.9 Å². The molecular formula is C58H99N2O6P. The highest BCUT2D eigenvalue weighted by Gasteiger charge is 2.24. The van der Waals surface area contributed by atoms with Gasteiger partial charge in [0.05, 0.1) is 39.9 Å². The van der Waals surface area contributed by atoms with Gasteiger partial charge in [-0.05, 0) is 89.9 Å². The van der Waals surface area contributed by atoms with Crippen LogP contribution < -0.4 is 10.2 Å². The van der Waals surface area contributed by atoms with E-state index in [1.54, 1.807) is 0 Å². The Labute approximate surface area is 412 Å². The summed E-state index contributed by atoms with van der Waals surface area (Å²) in [6.45, 7) is 4.54. The molecule has 0 bridgehead atoms. The molecule has 0 aromatic heterocycles. The van der Waals surface area contributed by atoms with E-state index in [1.165, 1.54) is 44.9 Å². The second kappa shape index (κ2) is 47.9. The van der Waals surface area contributed by atoms with Gasteiger partial charge in [-0.1, -0.05) is 212 Å². The number of unbranched alkanes of at least 4 members (excludes halogenated alkanes) is 13. The summed E-state index contributed by atoms with van der Waals surface area (Å²) in [7, 11) is 1.26. The number of hydrogen-bond acceptors (Lipinski definition) is 6. The number of phosphoric ester groups is 1. The molecule has 0 radical (unpaired) electrons. The summed E-state index contributed by atoms with van der Waals surface area (Å²) in [6.07, 6.45) is 70.9. The van der Waals surface area contributed by atoms with Crippen LogP contribution in [0.3, 0.4) is 0 Å². The van der Waals surface area contributed by atoms with Gasteiger partial charge in [-0.15, -0.1) is 0 Å². The van der Waals surface area contributed by atoms with Crippen molar-refractivity contribution in [3.05, 3.63) is 122 Å². The zero-order chi connectivity index (χ0) is 49.2. The molecule has 0 aliphatic heterocycles. The number of allylic oxidation sites excluding steroid dienone is 20. The Morgan fingerprint density at radius 1 is 0.537 bits per heavy atom. The predicted molar refractivity (Wildman–Crippen MR) is 288 cm³/mol. The number of likely N-dealkylation sites (N-methyl/N-ethyl adjacent to an activating group) is 1. The molecule has 0 saturated heterocycles. The van der Waals surface area contributed by atoms with Crippen molar-refractivity contribution in [2.75, 3.05) is 40.9 Å². The lowest BCUT2D eigenvalue weighted by Crippen LogP contribution is -2.46. The lowest BCUT2D eigenvalue weighted by atomic mass is 10.0. The molecule has 1 amide bonds. The monoisotopic (exact) mass is 951 g/mol. The average Bonchev–Trinajstić information content (AvgIpc) is 3.29. The van der Waals surface area contributed by atoms with Crippen LogP contribution in [0, 0.1) is 0 Å². The van der Waals surface area contributed by atoms with Gasteiger partial charge in [-0.3, -0.25) is 9.36 Å². The Morgan fingerprint density at radius 2 is 0.910 bits per heavy atom. The summed E-state index contributed by atoms with van der Waals surface area (Å²) in [5.41, 5.74) is 0. The number of rotatable bonds is 46. The van der Waals surface area contributed by atoms with Gasteiger partial charge < -0.3 is 28.8 Å². The van der Waals surface area contributed by atoms with Crippen molar-refractivity contribution in [2.24, 2.45) is 0 Å². The van der Waals surface area contributed by atoms with E-state index in [4.69, 9.17) is 9.05 Å². The quantitative estimate of drug-likeness (QED) is 0.0272. The largest absolute Gasteiger partial charge is 0.756 e. The Balaban J connectivity index is 4.19. The van der Waals surface area contributed by atoms with Crippen LogP contribution in [-0.2, 0) is 18.4 Å². The van der Waals surface area contributed by atoms with E-state index in [0.717, 1.165) is 116 Å². The normalized spacial score (nSPS) is 15.0. The molecule has 0 spiro atoms. The number of carbonyl (C=O) groups is 1. The molecule has 2 N–H and O–H groups in total. The van der Waals surface area contributed by atoms with Gasteiger partial charge in [-0.2, -0.15) is 0 Å². The maximum atomic E-state index is 12.9. The third kappa shape index (κ3) is 50.6. The van der Waals surface area contributed by atoms with Crippen molar-refractivity contribution in [1.29, 1.82) is 0 Å². The number of aliphatic hydroxyl groups is 1. The fourth-order valence-electron chi connectivity index (χ4n) is 6.83. The minimum atomic E-state index is -4.58. The number of nitrogens with one attached hydrogen (secondary N) is 1. The topological polar surface area (TPSA) is 108 Å². The molecule has 3 atom stereocenters. The first-order valence-corrected chi connectivity index (χ1v) is 27.8. The van der Waals surface area contributed by atoms with Gasteiger partial charge in [0.25, 0.3) is 7.82 Å². The summed E-state index contributed by atoms with van der Waals surface area (Å²) < 4.78 is 23.3. The maximum Gasteiger partial charge on any atom is 0.268 e. The van der Waals surface area contributed by atoms with E-state index < -0.39 is 20.0 Å². The molecule has 0 fully saturated rings. The van der Waals surface area contributed by atoms with Crippen LogP contribution in [0.15, 0.2) is 122 Å². The predicted octanol–water partition coefficient (Wildman–Crippen LogP) is 15.2. The molecule has 3 unspecified atom stereocenters. The first kappa shape index (κ1) is 63.9. The van der Waals surface area contributed by atoms with E-state index >= 15 is 0 Å². The number of nitrogens with zero attached hydrogens (tertiary/aromatic N) is 1. The van der Waals surface area contributed by atoms with Gasteiger partial charge in [0.15, 0.2) is 0 Å². The van der Waals surface area contributed by atoms with E-state index in [0.29, 0.717) is 23.9 Å². The first-order chi connectivity index (χ1) is 32.5. The van der Waals surface area contributed by atoms with Crippen LogP contribution in [0.4, 0.5) is 0 Å². The summed E-state index contributed by atoms with van der Waals surface area (Å²) >= 11 is 0. The minimum absolute atomic E-state index is 0.0000923. The molecule has 0 heterocycles. The average molecular weight is 951 g/mol. The standard InChI is InChI=1S/C58H99N2O6P/c1-6-8-10-12-14-16-18-19-20-21-22-23-24-25-26-27-28-29-30-31-32-33-34-35-36-37-38-39-40-41-42-44-46-48-50-52-58(62)59-56(55-66-67(63,64)65-54-53-60(3,4)5)57(61)51-49-47-45-43-17-15-13-11-9-7-2/h8,10,14,16,19-20,22-23,25-26,28-29,31-32,34-35,37-38,40-41,56-57,61H,6-7,9,11-13,15,17-18,21,24,27,30,33,36,39,42-55H2,1-5H3,(H-,59,62,63,64)/b10-8-,16-14-,20-19-,23-22-,26-25-,29-28-,32-31-,35-34-,38-37-,41-40-. The first-order valence-electron chi connectivity index (χ1n) is 26.4. The molecule has 0 aromatic rings. The molecule has 0 aromatic carbocycles. The number of phosphoric acid groups is 1. The summed E-state index contributed by atoms with van der Waals surface area (Å²) in [5.74, 6) is -0.197. The fourth-order valence-corrected chi connectivity index (χ4v) is 7.55. The molecule has 0 rings (SSSR count). The molecule has 0 saturated carbocycles. The lowest BCUT2D eigenvalue weighted by Gasteiger charge is -2.30. The number of aliphatic hydroxyl groups excluding tert-OH is 1. The summed E-state index contributed by atoms with van der Waals surface area (Å²) in [5, 5.41) is 13.9. The van der Waals surface area contributed by atoms with Crippen molar-refractivity contribution >= 4 is 13.7 Å². The molecule has 67 heavy (non-hydrogen) atoms. The highest BCUT2D eigenvalue weighted by Crippen LogP contribution is 2.38. The van der Waals surface area contributed by atoms with E-state index in [2.05, 4.69) is 141 Å². The van der Waals surface area contributed by atoms with Crippen molar-refractivity contribution in [2.45, 2.75) is 199 Å². The molecule has 0 aliphatic carbocycles. The maximum absolute atomic E-state index is 12.9. The van der Waals surface area contributed by atoms with Crippen LogP contribution in [0.2, 0.25) is 0 Å². The second-order valence-corrected chi connectivity index (χ2v) is 19.9. The van der Waals surface area contributed by atoms with E-state index in [9.17, 15) is 19.4 Å². The van der Waals surface area contributed by atoms with Crippen LogP contribution in [0.25, 0.3) is 0 Å². The Kier molecular flexibility index (Phi) is 45.7. The SMILES string of the molecule is CC/C=C\C/C=C\C/C=C\C/C=C\C/C=C\C/C=C\C/C=C\C/C=C\C/C=C\C/C=C\CCCCCCC(=O)NC(COP(=O)([O-])OCC[N+](C)(C)C)C(O)CCCCCCCCCCCC. The number of hydrogen-bond donors (Lipinski definition) is 2. The van der Waals surface area contributed by atoms with E-state index in [-0.39, 0.29) is 19.1 Å². The van der Waals surface area contributed by atoms with Gasteiger partial charge in [-0.25, -0.2) is 0 Å². The Morgan fingerprint density at radius 3 is 1.33 bits per heavy atom. The summed E-state index contributed by atoms with van der Waals surface area (Å²) in [6, 6.07) is -0.821. The highest BCUT2D eigenvalue weighted by molar-refractivity contribution is 7.45. The van der Waals surface area contributed by atoms with Gasteiger partial charge in [0.2, 0.25) is 5.91 Å². The Hall–Kier alpha value is -3.10. The fraction of sp³-hybridized carbons (Fsp3) is 0.638. The molecule has 8 nitrogen and oxygen atoms in total. The van der Waals surface area contributed by atoms with Gasteiger partial charge in [0, 0.05) is 6.42 Å². The van der Waals surface area contributed by atoms with Gasteiger partial charge in [0.1, 0.15) is 13.2 Å². The van der Waals surface area contributed by atoms with E-state index in [1.807, 2.05) is 21.1 Å². The molecule has 9 heteroatoms. The Bertz CT molecular complexity index is 1500. The van der Waals surface area contributed by atoms with Crippen molar-refractivity contribution in [1.82, 2.24) is 5.32 Å². The third-order valence-corrected chi connectivity index (χ3v) is 11.9. The zero-order valence-electron chi connectivity index (χ0n) is 43.3. The zero-order valence-corrected chi connectivity index (χ0v) is 44.2. The van der Waals surface area contributed by atoms with Crippen LogP contribution in [0.1, 0.15) is 187 Å². The van der Waals surface area contributed by atoms with Crippen LogP contribution in [-0.4, -0.2) is 68.5 Å².